The van der Waals surface area contributed by atoms with Crippen LogP contribution in [0.4, 0.5) is 5.95 Å². The maximum atomic E-state index is 12.9. The number of nitrogens with zero attached hydrogens (tertiary/aromatic N) is 6. The molecule has 2 aliphatic rings. The minimum Gasteiger partial charge on any atom is -0.340 e. The molecule has 5 rings (SSSR count). The smallest absolute Gasteiger partial charge is 0.253 e. The standard InChI is InChI=1S/C18H19N7O/c1-11-4-5-19-18(20-11)25-9-13-7-24(8-14(13)10-25)17(26)12-2-3-15-16(6-12)22-23-21-15/h2-6,13-14H,7-10H2,1H3,(H,21,22,23)/t13-,14+. The first kappa shape index (κ1) is 15.2. The Bertz CT molecular complexity index is 970. The van der Waals surface area contributed by atoms with Crippen molar-refractivity contribution in [2.75, 3.05) is 31.1 Å². The monoisotopic (exact) mass is 349 g/mol. The highest BCUT2D eigenvalue weighted by Crippen LogP contribution is 2.33. The fourth-order valence-electron chi connectivity index (χ4n) is 4.07. The van der Waals surface area contributed by atoms with Crippen LogP contribution in [-0.4, -0.2) is 62.4 Å². The van der Waals surface area contributed by atoms with Crippen molar-refractivity contribution in [2.24, 2.45) is 11.8 Å². The molecule has 0 saturated carbocycles. The second-order valence-corrected chi connectivity index (χ2v) is 7.16. The van der Waals surface area contributed by atoms with Crippen LogP contribution in [0.3, 0.4) is 0 Å². The van der Waals surface area contributed by atoms with Gasteiger partial charge in [-0.2, -0.15) is 15.4 Å². The van der Waals surface area contributed by atoms with Crippen LogP contribution in [0.25, 0.3) is 11.0 Å². The van der Waals surface area contributed by atoms with Crippen LogP contribution in [0.15, 0.2) is 30.5 Å². The highest BCUT2D eigenvalue weighted by atomic mass is 16.2. The maximum absolute atomic E-state index is 12.9. The molecule has 1 aromatic carbocycles. The lowest BCUT2D eigenvalue weighted by Crippen LogP contribution is -2.33. The lowest BCUT2D eigenvalue weighted by atomic mass is 10.0. The van der Waals surface area contributed by atoms with E-state index in [1.165, 1.54) is 0 Å². The van der Waals surface area contributed by atoms with Gasteiger partial charge in [0.25, 0.3) is 5.91 Å². The van der Waals surface area contributed by atoms with Gasteiger partial charge in [0.05, 0.1) is 0 Å². The number of fused-ring (bicyclic) bond motifs is 2. The minimum absolute atomic E-state index is 0.0719. The molecule has 132 valence electrons. The fourth-order valence-corrected chi connectivity index (χ4v) is 4.07. The number of hydrogen-bond acceptors (Lipinski definition) is 6. The molecule has 2 aliphatic heterocycles. The summed E-state index contributed by atoms with van der Waals surface area (Å²) < 4.78 is 0. The quantitative estimate of drug-likeness (QED) is 0.749. The summed E-state index contributed by atoms with van der Waals surface area (Å²) in [5, 5.41) is 10.7. The van der Waals surface area contributed by atoms with Crippen LogP contribution in [0.1, 0.15) is 16.1 Å². The van der Waals surface area contributed by atoms with Crippen LogP contribution in [-0.2, 0) is 0 Å². The van der Waals surface area contributed by atoms with Crippen molar-refractivity contribution in [3.8, 4) is 0 Å². The van der Waals surface area contributed by atoms with E-state index in [-0.39, 0.29) is 5.91 Å². The molecule has 26 heavy (non-hydrogen) atoms. The largest absolute Gasteiger partial charge is 0.340 e. The normalized spacial score (nSPS) is 22.2. The molecule has 1 amide bonds. The number of hydrogen-bond donors (Lipinski definition) is 1. The second-order valence-electron chi connectivity index (χ2n) is 7.16. The summed E-state index contributed by atoms with van der Waals surface area (Å²) in [6, 6.07) is 7.38. The zero-order valence-electron chi connectivity index (χ0n) is 14.5. The molecular weight excluding hydrogens is 330 g/mol. The van der Waals surface area contributed by atoms with Gasteiger partial charge in [-0.1, -0.05) is 0 Å². The highest BCUT2D eigenvalue weighted by molar-refractivity contribution is 5.97. The Morgan fingerprint density at radius 3 is 2.62 bits per heavy atom. The van der Waals surface area contributed by atoms with E-state index in [0.717, 1.165) is 48.9 Å². The van der Waals surface area contributed by atoms with Crippen LogP contribution >= 0.6 is 0 Å². The Hall–Kier alpha value is -3.03. The first-order valence-corrected chi connectivity index (χ1v) is 8.82. The van der Waals surface area contributed by atoms with Crippen LogP contribution in [0.2, 0.25) is 0 Å². The Morgan fingerprint density at radius 1 is 1.08 bits per heavy atom. The number of anilines is 1. The number of rotatable bonds is 2. The first-order chi connectivity index (χ1) is 12.7. The van der Waals surface area contributed by atoms with Gasteiger partial charge in [-0.3, -0.25) is 4.79 Å². The summed E-state index contributed by atoms with van der Waals surface area (Å²) in [6.45, 7) is 5.35. The number of nitrogens with one attached hydrogen (secondary N) is 1. The van der Waals surface area contributed by atoms with E-state index in [9.17, 15) is 4.79 Å². The van der Waals surface area contributed by atoms with E-state index in [1.54, 1.807) is 0 Å². The molecule has 0 aliphatic carbocycles. The molecule has 8 nitrogen and oxygen atoms in total. The number of aryl methyl sites for hydroxylation is 1. The van der Waals surface area contributed by atoms with Crippen molar-refractivity contribution in [1.29, 1.82) is 0 Å². The Morgan fingerprint density at radius 2 is 1.85 bits per heavy atom. The van der Waals surface area contributed by atoms with E-state index in [4.69, 9.17) is 0 Å². The number of carbonyl (C=O) groups is 1. The predicted octanol–water partition coefficient (Wildman–Crippen LogP) is 1.26. The van der Waals surface area contributed by atoms with Gasteiger partial charge < -0.3 is 9.80 Å². The molecule has 0 spiro atoms. The number of likely N-dealkylation sites (tertiary alicyclic amines) is 1. The van der Waals surface area contributed by atoms with Crippen molar-refractivity contribution in [3.63, 3.8) is 0 Å². The van der Waals surface area contributed by atoms with Crippen LogP contribution in [0.5, 0.6) is 0 Å². The first-order valence-electron chi connectivity index (χ1n) is 8.82. The van der Waals surface area contributed by atoms with Crippen molar-refractivity contribution >= 4 is 22.9 Å². The molecule has 8 heteroatoms. The van der Waals surface area contributed by atoms with Gasteiger partial charge in [0.2, 0.25) is 5.95 Å². The second kappa shape index (κ2) is 5.76. The fraction of sp³-hybridized carbons (Fsp3) is 0.389. The number of carbonyl (C=O) groups excluding carboxylic acids is 1. The molecule has 2 fully saturated rings. The molecular formula is C18H19N7O. The van der Waals surface area contributed by atoms with E-state index >= 15 is 0 Å². The van der Waals surface area contributed by atoms with Gasteiger partial charge in [-0.25, -0.2) is 9.97 Å². The molecule has 0 bridgehead atoms. The average molecular weight is 349 g/mol. The van der Waals surface area contributed by atoms with Crippen LogP contribution in [0, 0.1) is 18.8 Å². The summed E-state index contributed by atoms with van der Waals surface area (Å²) in [7, 11) is 0. The van der Waals surface area contributed by atoms with Crippen molar-refractivity contribution in [2.45, 2.75) is 6.92 Å². The third kappa shape index (κ3) is 2.49. The van der Waals surface area contributed by atoms with Gasteiger partial charge in [0.15, 0.2) is 0 Å². The lowest BCUT2D eigenvalue weighted by molar-refractivity contribution is 0.0782. The molecule has 4 heterocycles. The number of H-pyrrole nitrogens is 1. The summed E-state index contributed by atoms with van der Waals surface area (Å²) in [5.74, 6) is 1.81. The predicted molar refractivity (Wildman–Crippen MR) is 95.8 cm³/mol. The van der Waals surface area contributed by atoms with E-state index in [0.29, 0.717) is 17.4 Å². The number of amides is 1. The minimum atomic E-state index is 0.0719. The van der Waals surface area contributed by atoms with Crippen molar-refractivity contribution < 1.29 is 4.79 Å². The van der Waals surface area contributed by atoms with Gasteiger partial charge >= 0.3 is 0 Å². The Balaban J connectivity index is 1.29. The number of aromatic amines is 1. The topological polar surface area (TPSA) is 90.9 Å². The SMILES string of the molecule is Cc1ccnc(N2C[C@H]3CN(C(=O)c4ccc5n[nH]nc5c4)C[C@H]3C2)n1. The third-order valence-corrected chi connectivity index (χ3v) is 5.40. The lowest BCUT2D eigenvalue weighted by Gasteiger charge is -2.22. The summed E-state index contributed by atoms with van der Waals surface area (Å²) in [6.07, 6.45) is 1.81. The molecule has 2 atom stereocenters. The summed E-state index contributed by atoms with van der Waals surface area (Å²) in [4.78, 5) is 26.0. The van der Waals surface area contributed by atoms with Gasteiger partial charge in [0, 0.05) is 55.5 Å². The molecule has 0 radical (unpaired) electrons. The average Bonchev–Trinajstić information content (AvgIpc) is 3.34. The van der Waals surface area contributed by atoms with Gasteiger partial charge in [-0.15, -0.1) is 0 Å². The van der Waals surface area contributed by atoms with Crippen LogP contribution < -0.4 is 4.90 Å². The van der Waals surface area contributed by atoms with Crippen molar-refractivity contribution in [1.82, 2.24) is 30.3 Å². The Kier molecular flexibility index (Phi) is 3.37. The highest BCUT2D eigenvalue weighted by Gasteiger charge is 2.42. The van der Waals surface area contributed by atoms with E-state index < -0.39 is 0 Å². The molecule has 2 saturated heterocycles. The third-order valence-electron chi connectivity index (χ3n) is 5.40. The summed E-state index contributed by atoms with van der Waals surface area (Å²) in [5.41, 5.74) is 3.14. The number of benzene rings is 1. The van der Waals surface area contributed by atoms with E-state index in [1.807, 2.05) is 42.3 Å². The number of aromatic nitrogens is 5. The zero-order chi connectivity index (χ0) is 17.7. The molecule has 1 N–H and O–H groups in total. The maximum Gasteiger partial charge on any atom is 0.253 e. The zero-order valence-corrected chi connectivity index (χ0v) is 14.5. The van der Waals surface area contributed by atoms with Crippen molar-refractivity contribution in [3.05, 3.63) is 41.7 Å². The van der Waals surface area contributed by atoms with Gasteiger partial charge in [0.1, 0.15) is 11.0 Å². The molecule has 0 unspecified atom stereocenters. The Labute approximate surface area is 150 Å². The molecule has 2 aromatic heterocycles. The van der Waals surface area contributed by atoms with Gasteiger partial charge in [-0.05, 0) is 31.2 Å². The summed E-state index contributed by atoms with van der Waals surface area (Å²) >= 11 is 0. The van der Waals surface area contributed by atoms with E-state index in [2.05, 4.69) is 30.3 Å². The molecule has 3 aromatic rings.